The fourth-order valence-electron chi connectivity index (χ4n) is 2.14. The number of rotatable bonds is 6. The number of amides is 1. The van der Waals surface area contributed by atoms with E-state index in [1.54, 1.807) is 6.92 Å². The monoisotopic (exact) mass is 279 g/mol. The highest BCUT2D eigenvalue weighted by molar-refractivity contribution is 5.67. The molecule has 2 N–H and O–H groups in total. The van der Waals surface area contributed by atoms with E-state index in [1.807, 2.05) is 18.2 Å². The summed E-state index contributed by atoms with van der Waals surface area (Å²) in [6, 6.07) is 9.85. The summed E-state index contributed by atoms with van der Waals surface area (Å²) in [5, 5.41) is 11.9. The second-order valence-corrected chi connectivity index (χ2v) is 4.98. The van der Waals surface area contributed by atoms with Crippen molar-refractivity contribution in [1.29, 1.82) is 0 Å². The molecule has 0 saturated carbocycles. The Morgan fingerprint density at radius 1 is 1.35 bits per heavy atom. The van der Waals surface area contributed by atoms with Gasteiger partial charge in [-0.1, -0.05) is 30.3 Å². The Bertz CT molecular complexity index is 415. The average Bonchev–Trinajstić information content (AvgIpc) is 2.46. The predicted molar refractivity (Wildman–Crippen MR) is 74.2 cm³/mol. The number of hydrogen-bond donors (Lipinski definition) is 2. The van der Waals surface area contributed by atoms with Crippen LogP contribution in [0.4, 0.5) is 4.79 Å². The maximum Gasteiger partial charge on any atom is 0.407 e. The van der Waals surface area contributed by atoms with Crippen molar-refractivity contribution in [3.8, 4) is 0 Å². The summed E-state index contributed by atoms with van der Waals surface area (Å²) >= 11 is 0. The van der Waals surface area contributed by atoms with Crippen LogP contribution in [0, 0.1) is 0 Å². The van der Waals surface area contributed by atoms with Gasteiger partial charge in [0, 0.05) is 0 Å². The topological polar surface area (TPSA) is 67.8 Å². The second-order valence-electron chi connectivity index (χ2n) is 4.98. The third kappa shape index (κ3) is 4.21. The number of ether oxygens (including phenoxy) is 2. The van der Waals surface area contributed by atoms with Gasteiger partial charge in [-0.2, -0.15) is 0 Å². The lowest BCUT2D eigenvalue weighted by Crippen LogP contribution is -2.61. The lowest BCUT2D eigenvalue weighted by Gasteiger charge is -2.39. The zero-order chi connectivity index (χ0) is 14.4. The van der Waals surface area contributed by atoms with Crippen LogP contribution in [0.1, 0.15) is 25.3 Å². The van der Waals surface area contributed by atoms with Gasteiger partial charge in [-0.05, 0) is 31.7 Å². The minimum absolute atomic E-state index is 0.171. The summed E-state index contributed by atoms with van der Waals surface area (Å²) in [4.78, 5) is 11.5. The van der Waals surface area contributed by atoms with Crippen LogP contribution in [0.2, 0.25) is 0 Å². The molecular formula is C15H21NO4. The van der Waals surface area contributed by atoms with Crippen LogP contribution in [0.5, 0.6) is 0 Å². The highest BCUT2D eigenvalue weighted by Gasteiger charge is 2.39. The number of hydrogen-bond acceptors (Lipinski definition) is 4. The smallest absolute Gasteiger partial charge is 0.407 e. The molecule has 3 unspecified atom stereocenters. The Morgan fingerprint density at radius 2 is 2.10 bits per heavy atom. The molecule has 1 saturated heterocycles. The average molecular weight is 279 g/mol. The molecule has 1 aliphatic rings. The zero-order valence-electron chi connectivity index (χ0n) is 11.6. The molecule has 20 heavy (non-hydrogen) atoms. The highest BCUT2D eigenvalue weighted by atomic mass is 16.6. The van der Waals surface area contributed by atoms with Crippen LogP contribution in [0.15, 0.2) is 30.3 Å². The van der Waals surface area contributed by atoms with E-state index in [2.05, 4.69) is 17.4 Å². The van der Waals surface area contributed by atoms with E-state index in [1.165, 1.54) is 5.56 Å². The SMILES string of the molecule is CC1OC(O)C1NC(=O)OCCCCc1ccccc1. The highest BCUT2D eigenvalue weighted by Crippen LogP contribution is 2.18. The first-order chi connectivity index (χ1) is 9.66. The maximum absolute atomic E-state index is 11.5. The van der Waals surface area contributed by atoms with Gasteiger partial charge in [0.25, 0.3) is 0 Å². The molecule has 0 spiro atoms. The van der Waals surface area contributed by atoms with Gasteiger partial charge in [-0.25, -0.2) is 4.79 Å². The van der Waals surface area contributed by atoms with Crippen molar-refractivity contribution in [3.63, 3.8) is 0 Å². The summed E-state index contributed by atoms with van der Waals surface area (Å²) in [5.41, 5.74) is 1.29. The van der Waals surface area contributed by atoms with Crippen molar-refractivity contribution in [2.75, 3.05) is 6.61 Å². The van der Waals surface area contributed by atoms with Gasteiger partial charge in [0.1, 0.15) is 6.04 Å². The van der Waals surface area contributed by atoms with Gasteiger partial charge in [-0.15, -0.1) is 0 Å². The molecule has 1 aromatic rings. The molecule has 0 radical (unpaired) electrons. The number of carbonyl (C=O) groups excluding carboxylic acids is 1. The van der Waals surface area contributed by atoms with Gasteiger partial charge in [-0.3, -0.25) is 0 Å². The lowest BCUT2D eigenvalue weighted by molar-refractivity contribution is -0.247. The van der Waals surface area contributed by atoms with Crippen molar-refractivity contribution in [2.45, 2.75) is 44.6 Å². The molecule has 1 aliphatic heterocycles. The van der Waals surface area contributed by atoms with Gasteiger partial charge in [0.15, 0.2) is 6.29 Å². The third-order valence-corrected chi connectivity index (χ3v) is 3.39. The van der Waals surface area contributed by atoms with Crippen LogP contribution >= 0.6 is 0 Å². The van der Waals surface area contributed by atoms with Crippen LogP contribution in [0.3, 0.4) is 0 Å². The van der Waals surface area contributed by atoms with E-state index in [0.29, 0.717) is 6.61 Å². The summed E-state index contributed by atoms with van der Waals surface area (Å²) in [7, 11) is 0. The Hall–Kier alpha value is -1.59. The first kappa shape index (κ1) is 14.8. The van der Waals surface area contributed by atoms with E-state index in [4.69, 9.17) is 9.47 Å². The van der Waals surface area contributed by atoms with Gasteiger partial charge >= 0.3 is 6.09 Å². The number of nitrogens with one attached hydrogen (secondary N) is 1. The molecule has 2 rings (SSSR count). The largest absolute Gasteiger partial charge is 0.450 e. The van der Waals surface area contributed by atoms with Crippen LogP contribution in [-0.2, 0) is 15.9 Å². The molecule has 5 nitrogen and oxygen atoms in total. The van der Waals surface area contributed by atoms with Crippen LogP contribution < -0.4 is 5.32 Å². The number of carbonyl (C=O) groups is 1. The normalized spacial score (nSPS) is 24.8. The van der Waals surface area contributed by atoms with Crippen molar-refractivity contribution in [3.05, 3.63) is 35.9 Å². The first-order valence-corrected chi connectivity index (χ1v) is 6.97. The summed E-state index contributed by atoms with van der Waals surface area (Å²) in [6.07, 6.45) is 1.19. The van der Waals surface area contributed by atoms with E-state index < -0.39 is 12.4 Å². The van der Waals surface area contributed by atoms with E-state index >= 15 is 0 Å². The van der Waals surface area contributed by atoms with Gasteiger partial charge in [0.05, 0.1) is 12.7 Å². The van der Waals surface area contributed by atoms with E-state index in [0.717, 1.165) is 19.3 Å². The lowest BCUT2D eigenvalue weighted by atomic mass is 10.1. The molecule has 1 aromatic carbocycles. The third-order valence-electron chi connectivity index (χ3n) is 3.39. The van der Waals surface area contributed by atoms with Crippen molar-refractivity contribution < 1.29 is 19.4 Å². The molecule has 0 aliphatic carbocycles. The van der Waals surface area contributed by atoms with Crippen LogP contribution in [-0.4, -0.2) is 36.2 Å². The molecule has 5 heteroatoms. The molecule has 110 valence electrons. The molecule has 1 amide bonds. The molecule has 0 bridgehead atoms. The van der Waals surface area contributed by atoms with E-state index in [9.17, 15) is 9.90 Å². The molecule has 0 aromatic heterocycles. The zero-order valence-corrected chi connectivity index (χ0v) is 11.6. The summed E-state index contributed by atoms with van der Waals surface area (Å²) in [6.45, 7) is 2.17. The number of aliphatic hydroxyl groups is 1. The van der Waals surface area contributed by atoms with Crippen molar-refractivity contribution >= 4 is 6.09 Å². The Labute approximate surface area is 118 Å². The second kappa shape index (κ2) is 7.26. The number of aryl methyl sites for hydroxylation is 1. The maximum atomic E-state index is 11.5. The van der Waals surface area contributed by atoms with Crippen LogP contribution in [0.25, 0.3) is 0 Å². The number of alkyl carbamates (subject to hydrolysis) is 1. The van der Waals surface area contributed by atoms with Gasteiger partial charge < -0.3 is 19.9 Å². The summed E-state index contributed by atoms with van der Waals surface area (Å²) in [5.74, 6) is 0. The van der Waals surface area contributed by atoms with E-state index in [-0.39, 0.29) is 12.1 Å². The Balaban J connectivity index is 1.53. The minimum Gasteiger partial charge on any atom is -0.450 e. The summed E-state index contributed by atoms with van der Waals surface area (Å²) < 4.78 is 10.00. The van der Waals surface area contributed by atoms with Crippen molar-refractivity contribution in [2.24, 2.45) is 0 Å². The minimum atomic E-state index is -0.921. The first-order valence-electron chi connectivity index (χ1n) is 6.97. The quantitative estimate of drug-likeness (QED) is 0.780. The number of aliphatic hydroxyl groups excluding tert-OH is 1. The molecule has 3 atom stereocenters. The van der Waals surface area contributed by atoms with Crippen molar-refractivity contribution in [1.82, 2.24) is 5.32 Å². The Kier molecular flexibility index (Phi) is 5.38. The molecule has 1 heterocycles. The Morgan fingerprint density at radius 3 is 2.75 bits per heavy atom. The molecule has 1 fully saturated rings. The fraction of sp³-hybridized carbons (Fsp3) is 0.533. The molecular weight excluding hydrogens is 258 g/mol. The fourth-order valence-corrected chi connectivity index (χ4v) is 2.14. The van der Waals surface area contributed by atoms with Gasteiger partial charge in [0.2, 0.25) is 0 Å². The standard InChI is InChI=1S/C15H21NO4/c1-11-13(14(17)20-11)16-15(18)19-10-6-5-9-12-7-3-2-4-8-12/h2-4,7-8,11,13-14,17H,5-6,9-10H2,1H3,(H,16,18). The number of benzene rings is 1. The predicted octanol–water partition coefficient (Wildman–Crippen LogP) is 1.84. The number of unbranched alkanes of at least 4 members (excludes halogenated alkanes) is 1.